The van der Waals surface area contributed by atoms with E-state index in [0.29, 0.717) is 36.0 Å². The smallest absolute Gasteiger partial charge is 0.343 e. The van der Waals surface area contributed by atoms with Crippen LogP contribution >= 0.6 is 0 Å². The fourth-order valence-electron chi connectivity index (χ4n) is 3.32. The Kier molecular flexibility index (Phi) is 6.56. The number of carbonyl (C=O) groups is 1. The van der Waals surface area contributed by atoms with Crippen molar-refractivity contribution in [2.24, 2.45) is 0 Å². The summed E-state index contributed by atoms with van der Waals surface area (Å²) < 4.78 is 22.3. The highest BCUT2D eigenvalue weighted by molar-refractivity contribution is 6.05. The molecule has 32 heavy (non-hydrogen) atoms. The maximum atomic E-state index is 12.4. The molecular weight excluding hydrogens is 404 g/mol. The number of methoxy groups -OCH3 is 1. The standard InChI is InChI=1S/C27H24O5/c1-3-30-23-12-10-21(11-13-23)25-17-22(27(28)32-25)15-20-9-14-24(26(16-20)29-2)31-18-19-7-5-4-6-8-19/h4-17H,3,18H2,1-2H3. The zero-order chi connectivity index (χ0) is 22.3. The SMILES string of the molecule is CCOc1ccc(C2=CC(=Cc3ccc(OCc4ccccc4)c(OC)c3)C(=O)O2)cc1. The maximum absolute atomic E-state index is 12.4. The van der Waals surface area contributed by atoms with Crippen LogP contribution in [0.3, 0.4) is 0 Å². The third-order valence-electron chi connectivity index (χ3n) is 4.92. The molecule has 1 heterocycles. The third kappa shape index (κ3) is 5.01. The number of benzene rings is 3. The molecule has 4 rings (SSSR count). The summed E-state index contributed by atoms with van der Waals surface area (Å²) in [6.07, 6.45) is 3.51. The Labute approximate surface area is 187 Å². The van der Waals surface area contributed by atoms with Crippen molar-refractivity contribution in [2.75, 3.05) is 13.7 Å². The van der Waals surface area contributed by atoms with Crippen molar-refractivity contribution in [1.29, 1.82) is 0 Å². The van der Waals surface area contributed by atoms with Crippen LogP contribution in [-0.2, 0) is 16.1 Å². The first-order chi connectivity index (χ1) is 15.7. The largest absolute Gasteiger partial charge is 0.494 e. The summed E-state index contributed by atoms with van der Waals surface area (Å²) in [4.78, 5) is 12.4. The average Bonchev–Trinajstić information content (AvgIpc) is 3.19. The van der Waals surface area contributed by atoms with Gasteiger partial charge in [0.15, 0.2) is 11.5 Å². The molecular formula is C27H24O5. The molecule has 0 bridgehead atoms. The summed E-state index contributed by atoms with van der Waals surface area (Å²) in [5.74, 6) is 2.13. The minimum absolute atomic E-state index is 0.391. The molecule has 0 N–H and O–H groups in total. The Bertz CT molecular complexity index is 1140. The second-order valence-electron chi connectivity index (χ2n) is 7.14. The van der Waals surface area contributed by atoms with Gasteiger partial charge in [0.2, 0.25) is 0 Å². The molecule has 0 unspecified atom stereocenters. The number of esters is 1. The van der Waals surface area contributed by atoms with E-state index in [1.807, 2.05) is 79.7 Å². The van der Waals surface area contributed by atoms with Crippen LogP contribution in [0.15, 0.2) is 84.4 Å². The Morgan fingerprint density at radius 3 is 2.41 bits per heavy atom. The summed E-state index contributed by atoms with van der Waals surface area (Å²) in [6, 6.07) is 22.9. The molecule has 5 nitrogen and oxygen atoms in total. The van der Waals surface area contributed by atoms with Gasteiger partial charge in [0.05, 0.1) is 19.3 Å². The van der Waals surface area contributed by atoms with Crippen molar-refractivity contribution in [3.63, 3.8) is 0 Å². The first-order valence-corrected chi connectivity index (χ1v) is 10.4. The summed E-state index contributed by atoms with van der Waals surface area (Å²) in [5, 5.41) is 0. The normalized spacial score (nSPS) is 14.1. The second kappa shape index (κ2) is 9.88. The van der Waals surface area contributed by atoms with E-state index in [-0.39, 0.29) is 0 Å². The number of carbonyl (C=O) groups excluding carboxylic acids is 1. The molecule has 0 radical (unpaired) electrons. The Morgan fingerprint density at radius 2 is 1.69 bits per heavy atom. The summed E-state index contributed by atoms with van der Waals surface area (Å²) in [5.41, 5.74) is 3.16. The average molecular weight is 428 g/mol. The Hall–Kier alpha value is -3.99. The highest BCUT2D eigenvalue weighted by atomic mass is 16.5. The van der Waals surface area contributed by atoms with Gasteiger partial charge in [-0.05, 0) is 66.6 Å². The quantitative estimate of drug-likeness (QED) is 0.343. The first kappa shape index (κ1) is 21.2. The lowest BCUT2D eigenvalue weighted by atomic mass is 10.1. The van der Waals surface area contributed by atoms with Crippen LogP contribution in [0.2, 0.25) is 0 Å². The fraction of sp³-hybridized carbons (Fsp3) is 0.148. The Morgan fingerprint density at radius 1 is 0.906 bits per heavy atom. The number of ether oxygens (including phenoxy) is 4. The number of cyclic esters (lactones) is 1. The number of hydrogen-bond donors (Lipinski definition) is 0. The van der Waals surface area contributed by atoms with Gasteiger partial charge in [0, 0.05) is 5.56 Å². The molecule has 0 aromatic heterocycles. The van der Waals surface area contributed by atoms with Crippen molar-refractivity contribution < 1.29 is 23.7 Å². The van der Waals surface area contributed by atoms with Crippen molar-refractivity contribution in [3.05, 3.63) is 101 Å². The predicted octanol–water partition coefficient (Wildman–Crippen LogP) is 5.65. The molecule has 0 saturated heterocycles. The molecule has 0 fully saturated rings. The fourth-order valence-corrected chi connectivity index (χ4v) is 3.32. The van der Waals surface area contributed by atoms with Gasteiger partial charge in [-0.1, -0.05) is 36.4 Å². The van der Waals surface area contributed by atoms with Crippen LogP contribution in [0, 0.1) is 0 Å². The van der Waals surface area contributed by atoms with Crippen molar-refractivity contribution in [2.45, 2.75) is 13.5 Å². The second-order valence-corrected chi connectivity index (χ2v) is 7.14. The van der Waals surface area contributed by atoms with E-state index < -0.39 is 5.97 Å². The third-order valence-corrected chi connectivity index (χ3v) is 4.92. The van der Waals surface area contributed by atoms with Gasteiger partial charge in [-0.2, -0.15) is 0 Å². The molecule has 0 saturated carbocycles. The van der Waals surface area contributed by atoms with Gasteiger partial charge in [0.25, 0.3) is 0 Å². The minimum Gasteiger partial charge on any atom is -0.494 e. The molecule has 0 amide bonds. The zero-order valence-electron chi connectivity index (χ0n) is 18.0. The number of hydrogen-bond acceptors (Lipinski definition) is 5. The molecule has 3 aromatic rings. The van der Waals surface area contributed by atoms with Crippen LogP contribution in [0.1, 0.15) is 23.6 Å². The van der Waals surface area contributed by atoms with E-state index in [9.17, 15) is 4.79 Å². The van der Waals surface area contributed by atoms with Crippen LogP contribution in [-0.4, -0.2) is 19.7 Å². The molecule has 3 aromatic carbocycles. The van der Waals surface area contributed by atoms with Crippen molar-refractivity contribution >= 4 is 17.8 Å². The van der Waals surface area contributed by atoms with Gasteiger partial charge < -0.3 is 18.9 Å². The maximum Gasteiger partial charge on any atom is 0.343 e. The molecule has 1 aliphatic rings. The lowest BCUT2D eigenvalue weighted by molar-refractivity contribution is -0.130. The van der Waals surface area contributed by atoms with Crippen LogP contribution in [0.25, 0.3) is 11.8 Å². The predicted molar refractivity (Wildman–Crippen MR) is 123 cm³/mol. The first-order valence-electron chi connectivity index (χ1n) is 10.4. The van der Waals surface area contributed by atoms with E-state index in [2.05, 4.69) is 0 Å². The van der Waals surface area contributed by atoms with E-state index in [1.165, 1.54) is 0 Å². The molecule has 162 valence electrons. The van der Waals surface area contributed by atoms with Crippen molar-refractivity contribution in [1.82, 2.24) is 0 Å². The van der Waals surface area contributed by atoms with Gasteiger partial charge in [0.1, 0.15) is 18.1 Å². The van der Waals surface area contributed by atoms with Crippen LogP contribution in [0.5, 0.6) is 17.2 Å². The Balaban J connectivity index is 1.51. The lowest BCUT2D eigenvalue weighted by Crippen LogP contribution is -1.99. The molecule has 0 spiro atoms. The summed E-state index contributed by atoms with van der Waals surface area (Å²) >= 11 is 0. The van der Waals surface area contributed by atoms with E-state index in [1.54, 1.807) is 19.3 Å². The molecule has 0 aliphatic carbocycles. The molecule has 5 heteroatoms. The van der Waals surface area contributed by atoms with Crippen molar-refractivity contribution in [3.8, 4) is 17.2 Å². The topological polar surface area (TPSA) is 54.0 Å². The minimum atomic E-state index is -0.391. The summed E-state index contributed by atoms with van der Waals surface area (Å²) in [7, 11) is 1.59. The van der Waals surface area contributed by atoms with E-state index >= 15 is 0 Å². The van der Waals surface area contributed by atoms with Gasteiger partial charge in [-0.15, -0.1) is 0 Å². The lowest BCUT2D eigenvalue weighted by Gasteiger charge is -2.11. The van der Waals surface area contributed by atoms with Crippen LogP contribution in [0.4, 0.5) is 0 Å². The van der Waals surface area contributed by atoms with Crippen LogP contribution < -0.4 is 14.2 Å². The van der Waals surface area contributed by atoms with Gasteiger partial charge >= 0.3 is 5.97 Å². The monoisotopic (exact) mass is 428 g/mol. The number of rotatable bonds is 8. The molecule has 0 atom stereocenters. The highest BCUT2D eigenvalue weighted by Gasteiger charge is 2.22. The summed E-state index contributed by atoms with van der Waals surface area (Å²) in [6.45, 7) is 2.98. The highest BCUT2D eigenvalue weighted by Crippen LogP contribution is 2.32. The van der Waals surface area contributed by atoms with E-state index in [0.717, 1.165) is 22.4 Å². The van der Waals surface area contributed by atoms with E-state index in [4.69, 9.17) is 18.9 Å². The zero-order valence-corrected chi connectivity index (χ0v) is 18.0. The molecule has 1 aliphatic heterocycles. The van der Waals surface area contributed by atoms with Gasteiger partial charge in [-0.25, -0.2) is 4.79 Å². The van der Waals surface area contributed by atoms with Gasteiger partial charge in [-0.3, -0.25) is 0 Å².